The van der Waals surface area contributed by atoms with Gasteiger partial charge in [-0.15, -0.1) is 0 Å². The molecule has 1 aromatic rings. The first-order valence-electron chi connectivity index (χ1n) is 2.51. The first-order valence-corrected chi connectivity index (χ1v) is 4.39. The van der Waals surface area contributed by atoms with Crippen LogP contribution >= 0.6 is 38.5 Å². The number of hydrogen-bond acceptors (Lipinski definition) is 3. The number of aromatic nitrogens is 1. The lowest BCUT2D eigenvalue weighted by Gasteiger charge is -2.00. The van der Waals surface area contributed by atoms with Crippen molar-refractivity contribution >= 4 is 44.3 Å². The average molecular weight is 314 g/mol. The second-order valence-corrected chi connectivity index (χ2v) is 3.71. The van der Waals surface area contributed by atoms with Gasteiger partial charge < -0.3 is 5.43 Å². The van der Waals surface area contributed by atoms with E-state index in [-0.39, 0.29) is 0 Å². The number of nitrogen functional groups attached to an aromatic ring is 1. The largest absolute Gasteiger partial charge is 0.308 e. The van der Waals surface area contributed by atoms with Crippen LogP contribution in [-0.4, -0.2) is 4.98 Å². The number of hydrazine groups is 1. The number of nitrogens with two attached hydrogens (primary N) is 1. The molecule has 0 spiro atoms. The SMILES string of the molecule is NNc1ncc(Br)cc1I. The van der Waals surface area contributed by atoms with Gasteiger partial charge in [0.15, 0.2) is 5.82 Å². The number of nitrogens with zero attached hydrogens (tertiary/aromatic N) is 1. The van der Waals surface area contributed by atoms with E-state index in [1.54, 1.807) is 6.20 Å². The molecule has 0 aromatic carbocycles. The number of pyridine rings is 1. The summed E-state index contributed by atoms with van der Waals surface area (Å²) in [6.07, 6.45) is 1.69. The van der Waals surface area contributed by atoms with Crippen LogP contribution in [0.1, 0.15) is 0 Å². The molecule has 0 atom stereocenters. The van der Waals surface area contributed by atoms with Gasteiger partial charge in [0.05, 0.1) is 3.57 Å². The van der Waals surface area contributed by atoms with Crippen molar-refractivity contribution in [3.63, 3.8) is 0 Å². The maximum Gasteiger partial charge on any atom is 0.153 e. The Hall–Kier alpha value is 0.120. The number of halogens is 2. The van der Waals surface area contributed by atoms with E-state index < -0.39 is 0 Å². The van der Waals surface area contributed by atoms with Crippen molar-refractivity contribution < 1.29 is 0 Å². The zero-order chi connectivity index (χ0) is 7.56. The zero-order valence-electron chi connectivity index (χ0n) is 4.94. The van der Waals surface area contributed by atoms with E-state index >= 15 is 0 Å². The normalized spacial score (nSPS) is 9.50. The summed E-state index contributed by atoms with van der Waals surface area (Å²) in [5.74, 6) is 5.87. The molecule has 0 radical (unpaired) electrons. The standard InChI is InChI=1S/C5H5BrIN3/c6-3-1-4(7)5(10-8)9-2-3/h1-2H,8H2,(H,9,10). The van der Waals surface area contributed by atoms with Crippen LogP contribution in [-0.2, 0) is 0 Å². The second kappa shape index (κ2) is 3.49. The topological polar surface area (TPSA) is 50.9 Å². The number of anilines is 1. The monoisotopic (exact) mass is 313 g/mol. The highest BCUT2D eigenvalue weighted by atomic mass is 127. The predicted molar refractivity (Wildman–Crippen MR) is 52.5 cm³/mol. The second-order valence-electron chi connectivity index (χ2n) is 1.63. The maximum absolute atomic E-state index is 5.17. The van der Waals surface area contributed by atoms with E-state index in [0.29, 0.717) is 5.82 Å². The summed E-state index contributed by atoms with van der Waals surface area (Å²) in [6.45, 7) is 0. The third-order valence-corrected chi connectivity index (χ3v) is 2.20. The van der Waals surface area contributed by atoms with Gasteiger partial charge in [-0.3, -0.25) is 0 Å². The van der Waals surface area contributed by atoms with Gasteiger partial charge in [0.2, 0.25) is 0 Å². The molecule has 0 aliphatic heterocycles. The van der Waals surface area contributed by atoms with Crippen LogP contribution in [0.15, 0.2) is 16.7 Å². The molecule has 0 saturated carbocycles. The minimum atomic E-state index is 0.698. The molecular formula is C5H5BrIN3. The van der Waals surface area contributed by atoms with Crippen molar-refractivity contribution in [2.75, 3.05) is 5.43 Å². The van der Waals surface area contributed by atoms with E-state index in [0.717, 1.165) is 8.04 Å². The Morgan fingerprint density at radius 1 is 1.70 bits per heavy atom. The highest BCUT2D eigenvalue weighted by Crippen LogP contribution is 2.18. The molecule has 54 valence electrons. The molecule has 0 fully saturated rings. The van der Waals surface area contributed by atoms with Crippen molar-refractivity contribution in [3.8, 4) is 0 Å². The summed E-state index contributed by atoms with van der Waals surface area (Å²) in [7, 11) is 0. The van der Waals surface area contributed by atoms with Crippen molar-refractivity contribution in [3.05, 3.63) is 20.3 Å². The Labute approximate surface area is 80.6 Å². The van der Waals surface area contributed by atoms with Crippen molar-refractivity contribution in [2.24, 2.45) is 5.84 Å². The lowest BCUT2D eigenvalue weighted by molar-refractivity contribution is 1.20. The van der Waals surface area contributed by atoms with Crippen molar-refractivity contribution in [2.45, 2.75) is 0 Å². The van der Waals surface area contributed by atoms with Crippen LogP contribution in [0.25, 0.3) is 0 Å². The average Bonchev–Trinajstić information content (AvgIpc) is 1.88. The van der Waals surface area contributed by atoms with Gasteiger partial charge in [0, 0.05) is 10.7 Å². The van der Waals surface area contributed by atoms with Crippen LogP contribution < -0.4 is 11.3 Å². The Kier molecular flexibility index (Phi) is 2.87. The van der Waals surface area contributed by atoms with E-state index in [1.807, 2.05) is 6.07 Å². The molecule has 1 rings (SSSR count). The third-order valence-electron chi connectivity index (χ3n) is 0.945. The van der Waals surface area contributed by atoms with Crippen LogP contribution in [0.4, 0.5) is 5.82 Å². The van der Waals surface area contributed by atoms with E-state index in [9.17, 15) is 0 Å². The van der Waals surface area contributed by atoms with E-state index in [1.165, 1.54) is 0 Å². The molecule has 10 heavy (non-hydrogen) atoms. The lowest BCUT2D eigenvalue weighted by Crippen LogP contribution is -2.09. The molecule has 5 heteroatoms. The Bertz CT molecular complexity index is 240. The first kappa shape index (κ1) is 8.22. The van der Waals surface area contributed by atoms with E-state index in [2.05, 4.69) is 48.9 Å². The quantitative estimate of drug-likeness (QED) is 0.472. The Morgan fingerprint density at radius 3 is 2.90 bits per heavy atom. The maximum atomic E-state index is 5.17. The summed E-state index contributed by atoms with van der Waals surface area (Å²) < 4.78 is 1.95. The molecular weight excluding hydrogens is 309 g/mol. The minimum Gasteiger partial charge on any atom is -0.308 e. The fraction of sp³-hybridized carbons (Fsp3) is 0. The minimum absolute atomic E-state index is 0.698. The Balaban J connectivity index is 3.07. The summed E-state index contributed by atoms with van der Waals surface area (Å²) in [6, 6.07) is 1.93. The predicted octanol–water partition coefficient (Wildman–Crippen LogP) is 1.73. The zero-order valence-corrected chi connectivity index (χ0v) is 8.68. The third kappa shape index (κ3) is 1.80. The van der Waals surface area contributed by atoms with Gasteiger partial charge in [-0.25, -0.2) is 10.8 Å². The summed E-state index contributed by atoms with van der Waals surface area (Å²) in [5.41, 5.74) is 2.48. The van der Waals surface area contributed by atoms with Crippen LogP contribution in [0.2, 0.25) is 0 Å². The molecule has 0 aliphatic carbocycles. The van der Waals surface area contributed by atoms with Crippen molar-refractivity contribution in [1.82, 2.24) is 4.98 Å². The fourth-order valence-electron chi connectivity index (χ4n) is 0.521. The van der Waals surface area contributed by atoms with Gasteiger partial charge in [-0.05, 0) is 44.6 Å². The molecule has 0 unspecified atom stereocenters. The molecule has 0 aliphatic rings. The number of rotatable bonds is 1. The summed E-state index contributed by atoms with van der Waals surface area (Å²) in [5, 5.41) is 0. The number of hydrogen-bond donors (Lipinski definition) is 2. The van der Waals surface area contributed by atoms with Gasteiger partial charge in [-0.2, -0.15) is 0 Å². The fourth-order valence-corrected chi connectivity index (χ4v) is 1.91. The molecule has 1 aromatic heterocycles. The van der Waals surface area contributed by atoms with Gasteiger partial charge in [0.1, 0.15) is 0 Å². The summed E-state index contributed by atoms with van der Waals surface area (Å²) >= 11 is 5.44. The molecule has 0 saturated heterocycles. The van der Waals surface area contributed by atoms with Crippen LogP contribution in [0, 0.1) is 3.57 Å². The van der Waals surface area contributed by atoms with Gasteiger partial charge in [-0.1, -0.05) is 0 Å². The molecule has 0 amide bonds. The highest BCUT2D eigenvalue weighted by molar-refractivity contribution is 14.1. The summed E-state index contributed by atoms with van der Waals surface area (Å²) in [4.78, 5) is 4.01. The van der Waals surface area contributed by atoms with Crippen molar-refractivity contribution in [1.29, 1.82) is 0 Å². The van der Waals surface area contributed by atoms with Gasteiger partial charge >= 0.3 is 0 Å². The van der Waals surface area contributed by atoms with Crippen LogP contribution in [0.3, 0.4) is 0 Å². The molecule has 0 bridgehead atoms. The highest BCUT2D eigenvalue weighted by Gasteiger charge is 1.97. The Morgan fingerprint density at radius 2 is 2.40 bits per heavy atom. The van der Waals surface area contributed by atoms with E-state index in [4.69, 9.17) is 5.84 Å². The number of nitrogens with one attached hydrogen (secondary N) is 1. The lowest BCUT2D eigenvalue weighted by atomic mass is 10.5. The first-order chi connectivity index (χ1) is 4.74. The molecule has 1 heterocycles. The molecule has 3 nitrogen and oxygen atoms in total. The molecule has 3 N–H and O–H groups in total. The smallest absolute Gasteiger partial charge is 0.153 e. The van der Waals surface area contributed by atoms with Gasteiger partial charge in [0.25, 0.3) is 0 Å². The van der Waals surface area contributed by atoms with Crippen LogP contribution in [0.5, 0.6) is 0 Å².